The van der Waals surface area contributed by atoms with Gasteiger partial charge in [-0.15, -0.1) is 0 Å². The van der Waals surface area contributed by atoms with E-state index in [9.17, 15) is 9.59 Å². The van der Waals surface area contributed by atoms with Crippen LogP contribution in [0.3, 0.4) is 0 Å². The molecule has 0 rings (SSSR count). The summed E-state index contributed by atoms with van der Waals surface area (Å²) in [6, 6.07) is 0. The highest BCUT2D eigenvalue weighted by molar-refractivity contribution is 6.29. The van der Waals surface area contributed by atoms with Gasteiger partial charge in [-0.05, 0) is 24.7 Å². The van der Waals surface area contributed by atoms with Crippen molar-refractivity contribution < 1.29 is 19.1 Å². The first-order valence-electron chi connectivity index (χ1n) is 10.8. The van der Waals surface area contributed by atoms with Crippen molar-refractivity contribution in [2.75, 3.05) is 13.2 Å². The third-order valence-corrected chi connectivity index (χ3v) is 4.48. The maximum absolute atomic E-state index is 11.5. The lowest BCUT2D eigenvalue weighted by Gasteiger charge is -2.07. The van der Waals surface area contributed by atoms with Gasteiger partial charge in [0.05, 0.1) is 13.2 Å². The summed E-state index contributed by atoms with van der Waals surface area (Å²) in [7, 11) is 0. The summed E-state index contributed by atoms with van der Waals surface area (Å²) in [5.41, 5.74) is 0. The molecule has 26 heavy (non-hydrogen) atoms. The number of hydrogen-bond donors (Lipinski definition) is 0. The topological polar surface area (TPSA) is 52.6 Å². The molecule has 0 unspecified atom stereocenters. The summed E-state index contributed by atoms with van der Waals surface area (Å²) in [5.74, 6) is -0.151. The van der Waals surface area contributed by atoms with Crippen LogP contribution in [0.4, 0.5) is 0 Å². The van der Waals surface area contributed by atoms with Gasteiger partial charge in [-0.1, -0.05) is 91.9 Å². The van der Waals surface area contributed by atoms with E-state index in [0.29, 0.717) is 13.2 Å². The molecule has 0 fully saturated rings. The van der Waals surface area contributed by atoms with Gasteiger partial charge in [0.2, 0.25) is 0 Å². The molecule has 0 heterocycles. The molecule has 0 aliphatic rings. The number of rotatable bonds is 16. The lowest BCUT2D eigenvalue weighted by molar-refractivity contribution is -0.167. The number of carbonyl (C=O) groups is 2. The molecule has 0 aliphatic heterocycles. The summed E-state index contributed by atoms with van der Waals surface area (Å²) in [6.07, 6.45) is 13.6. The number of unbranched alkanes of at least 4 members (excludes halogenated alkanes) is 8. The largest absolute Gasteiger partial charge is 0.457 e. The molecule has 4 nitrogen and oxygen atoms in total. The van der Waals surface area contributed by atoms with Crippen LogP contribution in [0, 0.1) is 11.8 Å². The van der Waals surface area contributed by atoms with Crippen LogP contribution in [0.5, 0.6) is 0 Å². The molecule has 4 heteroatoms. The molecule has 0 bridgehead atoms. The fourth-order valence-electron chi connectivity index (χ4n) is 2.82. The average molecular weight is 371 g/mol. The smallest absolute Gasteiger partial charge is 0.417 e. The van der Waals surface area contributed by atoms with E-state index >= 15 is 0 Å². The van der Waals surface area contributed by atoms with Crippen molar-refractivity contribution in [1.29, 1.82) is 0 Å². The molecule has 0 amide bonds. The molecule has 0 aliphatic carbocycles. The highest BCUT2D eigenvalue weighted by Gasteiger charge is 2.16. The molecular weight excluding hydrogens is 328 g/mol. The van der Waals surface area contributed by atoms with Crippen LogP contribution in [0.1, 0.15) is 105 Å². The summed E-state index contributed by atoms with van der Waals surface area (Å²) in [6.45, 7) is 9.60. The lowest BCUT2D eigenvalue weighted by atomic mass is 10.0. The lowest BCUT2D eigenvalue weighted by Crippen LogP contribution is -2.21. The van der Waals surface area contributed by atoms with Crippen LogP contribution in [0.25, 0.3) is 0 Å². The minimum Gasteiger partial charge on any atom is -0.457 e. The second-order valence-electron chi connectivity index (χ2n) is 8.17. The predicted octanol–water partition coefficient (Wildman–Crippen LogP) is 6.07. The summed E-state index contributed by atoms with van der Waals surface area (Å²) < 4.78 is 9.94. The molecule has 0 saturated heterocycles. The van der Waals surface area contributed by atoms with Gasteiger partial charge in [0.1, 0.15) is 0 Å². The van der Waals surface area contributed by atoms with Crippen molar-refractivity contribution in [2.45, 2.75) is 105 Å². The van der Waals surface area contributed by atoms with E-state index in [1.165, 1.54) is 38.5 Å². The monoisotopic (exact) mass is 370 g/mol. The first-order valence-corrected chi connectivity index (χ1v) is 10.8. The standard InChI is InChI=1S/C22H42O4/c1-19(2)15-11-7-5-9-13-17-25-21(23)22(24)26-18-14-10-6-8-12-16-20(3)4/h19-20H,5-18H2,1-4H3. The summed E-state index contributed by atoms with van der Waals surface area (Å²) >= 11 is 0. The van der Waals surface area contributed by atoms with E-state index in [1.54, 1.807) is 0 Å². The fraction of sp³-hybridized carbons (Fsp3) is 0.909. The Hall–Kier alpha value is -1.06. The van der Waals surface area contributed by atoms with Gasteiger partial charge in [0.25, 0.3) is 0 Å². The van der Waals surface area contributed by atoms with Gasteiger partial charge < -0.3 is 9.47 Å². The van der Waals surface area contributed by atoms with Gasteiger partial charge in [-0.3, -0.25) is 0 Å². The molecule has 0 aromatic heterocycles. The van der Waals surface area contributed by atoms with Gasteiger partial charge in [0.15, 0.2) is 0 Å². The first-order chi connectivity index (χ1) is 12.4. The Morgan fingerprint density at radius 3 is 1.19 bits per heavy atom. The van der Waals surface area contributed by atoms with E-state index in [0.717, 1.165) is 50.4 Å². The molecule has 0 aromatic carbocycles. The molecule has 0 aromatic rings. The second-order valence-corrected chi connectivity index (χ2v) is 8.17. The Morgan fingerprint density at radius 2 is 0.846 bits per heavy atom. The van der Waals surface area contributed by atoms with Crippen LogP contribution in [0.2, 0.25) is 0 Å². The fourth-order valence-corrected chi connectivity index (χ4v) is 2.82. The Morgan fingerprint density at radius 1 is 0.538 bits per heavy atom. The summed E-state index contributed by atoms with van der Waals surface area (Å²) in [4.78, 5) is 23.1. The number of carbonyl (C=O) groups excluding carboxylic acids is 2. The van der Waals surface area contributed by atoms with Crippen LogP contribution in [-0.4, -0.2) is 25.2 Å². The zero-order valence-electron chi connectivity index (χ0n) is 17.7. The second kappa shape index (κ2) is 17.4. The normalized spacial score (nSPS) is 11.2. The van der Waals surface area contributed by atoms with E-state index < -0.39 is 11.9 Å². The summed E-state index contributed by atoms with van der Waals surface area (Å²) in [5, 5.41) is 0. The quantitative estimate of drug-likeness (QED) is 0.188. The average Bonchev–Trinajstić information content (AvgIpc) is 2.58. The van der Waals surface area contributed by atoms with Crippen LogP contribution in [-0.2, 0) is 19.1 Å². The van der Waals surface area contributed by atoms with E-state index in [2.05, 4.69) is 27.7 Å². The molecular formula is C22H42O4. The minimum absolute atomic E-state index is 0.313. The SMILES string of the molecule is CC(C)CCCCCCCOC(=O)C(=O)OCCCCCCCC(C)C. The molecule has 0 N–H and O–H groups in total. The van der Waals surface area contributed by atoms with Gasteiger partial charge in [0, 0.05) is 0 Å². The predicted molar refractivity (Wildman–Crippen MR) is 107 cm³/mol. The number of ether oxygens (including phenoxy) is 2. The maximum atomic E-state index is 11.5. The highest BCUT2D eigenvalue weighted by Crippen LogP contribution is 2.11. The molecule has 0 atom stereocenters. The van der Waals surface area contributed by atoms with E-state index in [4.69, 9.17) is 9.47 Å². The molecule has 154 valence electrons. The Kier molecular flexibility index (Phi) is 16.7. The van der Waals surface area contributed by atoms with Crippen molar-refractivity contribution >= 4 is 11.9 Å². The number of esters is 2. The zero-order chi connectivity index (χ0) is 19.6. The van der Waals surface area contributed by atoms with Crippen molar-refractivity contribution in [2.24, 2.45) is 11.8 Å². The third kappa shape index (κ3) is 17.8. The minimum atomic E-state index is -0.846. The van der Waals surface area contributed by atoms with Crippen molar-refractivity contribution in [3.05, 3.63) is 0 Å². The van der Waals surface area contributed by atoms with Crippen molar-refractivity contribution in [1.82, 2.24) is 0 Å². The van der Waals surface area contributed by atoms with Crippen LogP contribution >= 0.6 is 0 Å². The Bertz CT molecular complexity index is 316. The third-order valence-electron chi connectivity index (χ3n) is 4.48. The Labute approximate surface area is 161 Å². The first kappa shape index (κ1) is 24.9. The maximum Gasteiger partial charge on any atom is 0.417 e. The number of hydrogen-bond acceptors (Lipinski definition) is 4. The van der Waals surface area contributed by atoms with Crippen molar-refractivity contribution in [3.63, 3.8) is 0 Å². The van der Waals surface area contributed by atoms with Gasteiger partial charge >= 0.3 is 11.9 Å². The van der Waals surface area contributed by atoms with Crippen molar-refractivity contribution in [3.8, 4) is 0 Å². The van der Waals surface area contributed by atoms with Crippen LogP contribution in [0.15, 0.2) is 0 Å². The molecule has 0 spiro atoms. The van der Waals surface area contributed by atoms with Crippen LogP contribution < -0.4 is 0 Å². The van der Waals surface area contributed by atoms with E-state index in [1.807, 2.05) is 0 Å². The molecule has 0 saturated carbocycles. The molecule has 0 radical (unpaired) electrons. The highest BCUT2D eigenvalue weighted by atomic mass is 16.6. The Balaban J connectivity index is 3.39. The van der Waals surface area contributed by atoms with E-state index in [-0.39, 0.29) is 0 Å². The van der Waals surface area contributed by atoms with Gasteiger partial charge in [-0.25, -0.2) is 9.59 Å². The van der Waals surface area contributed by atoms with Gasteiger partial charge in [-0.2, -0.15) is 0 Å². The zero-order valence-corrected chi connectivity index (χ0v) is 17.7.